The van der Waals surface area contributed by atoms with Crippen molar-refractivity contribution >= 4 is 28.9 Å². The van der Waals surface area contributed by atoms with Crippen molar-refractivity contribution in [2.45, 2.75) is 13.2 Å². The van der Waals surface area contributed by atoms with Crippen molar-refractivity contribution < 1.29 is 15.1 Å². The van der Waals surface area contributed by atoms with E-state index in [1.54, 1.807) is 12.5 Å². The summed E-state index contributed by atoms with van der Waals surface area (Å²) in [6.07, 6.45) is 5.35. The van der Waals surface area contributed by atoms with Crippen LogP contribution in [0.4, 0.5) is 0 Å². The second-order valence-corrected chi connectivity index (χ2v) is 6.29. The van der Waals surface area contributed by atoms with E-state index in [2.05, 4.69) is 10.1 Å². The van der Waals surface area contributed by atoms with Crippen molar-refractivity contribution in [1.82, 2.24) is 9.55 Å². The maximum atomic E-state index is 8.36. The van der Waals surface area contributed by atoms with Gasteiger partial charge in [0.15, 0.2) is 0 Å². The minimum Gasteiger partial charge on any atom is -0.391 e. The molecule has 0 saturated carbocycles. The second-order valence-electron chi connectivity index (χ2n) is 5.42. The van der Waals surface area contributed by atoms with E-state index in [0.717, 1.165) is 16.8 Å². The first kappa shape index (κ1) is 21.2. The monoisotopic (exact) mass is 422 g/mol. The molecule has 2 aromatic carbocycles. The number of aromatic nitrogens is 2. The Kier molecular flexibility index (Phi) is 8.26. The molecule has 0 unspecified atom stereocenters. The molecule has 0 radical (unpaired) electrons. The van der Waals surface area contributed by atoms with Crippen LogP contribution in [0.5, 0.6) is 0 Å². The lowest BCUT2D eigenvalue weighted by Crippen LogP contribution is -2.11. The van der Waals surface area contributed by atoms with Crippen molar-refractivity contribution in [3.8, 4) is 0 Å². The third-order valence-electron chi connectivity index (χ3n) is 3.39. The van der Waals surface area contributed by atoms with Gasteiger partial charge in [-0.05, 0) is 29.8 Å². The van der Waals surface area contributed by atoms with Crippen LogP contribution >= 0.6 is 23.2 Å². The number of oxime groups is 1. The van der Waals surface area contributed by atoms with E-state index >= 15 is 0 Å². The normalized spacial score (nSPS) is 10.7. The molecule has 0 aliphatic rings. The molecule has 3 aromatic rings. The Labute approximate surface area is 170 Å². The molecule has 0 aliphatic carbocycles. The summed E-state index contributed by atoms with van der Waals surface area (Å²) >= 11 is 11.8. The van der Waals surface area contributed by atoms with Crippen LogP contribution in [0.15, 0.2) is 72.4 Å². The van der Waals surface area contributed by atoms with Gasteiger partial charge in [0.1, 0.15) is 12.3 Å². The first-order valence-corrected chi connectivity index (χ1v) is 8.68. The van der Waals surface area contributed by atoms with E-state index in [4.69, 9.17) is 43.4 Å². The van der Waals surface area contributed by atoms with Gasteiger partial charge in [0.05, 0.1) is 12.9 Å². The van der Waals surface area contributed by atoms with Crippen molar-refractivity contribution in [1.29, 1.82) is 0 Å². The first-order chi connectivity index (χ1) is 13.4. The summed E-state index contributed by atoms with van der Waals surface area (Å²) in [6, 6.07) is 15.0. The largest absolute Gasteiger partial charge is 0.391 e. The Morgan fingerprint density at radius 1 is 1.14 bits per heavy atom. The lowest BCUT2D eigenvalue weighted by atomic mass is 10.1. The van der Waals surface area contributed by atoms with Crippen LogP contribution in [0.1, 0.15) is 11.1 Å². The molecule has 0 spiro atoms. The number of benzene rings is 2. The molecule has 28 heavy (non-hydrogen) atoms. The van der Waals surface area contributed by atoms with Crippen molar-refractivity contribution in [2.75, 3.05) is 0 Å². The van der Waals surface area contributed by atoms with Gasteiger partial charge in [-0.2, -0.15) is 0 Å². The smallest absolute Gasteiger partial charge is 0.291 e. The highest BCUT2D eigenvalue weighted by Gasteiger charge is 2.06. The molecule has 0 bridgehead atoms. The topological polar surface area (TPSA) is 103 Å². The van der Waals surface area contributed by atoms with Gasteiger partial charge in [-0.25, -0.2) is 4.98 Å². The van der Waals surface area contributed by atoms with E-state index in [1.807, 2.05) is 59.3 Å². The van der Waals surface area contributed by atoms with Gasteiger partial charge in [0.2, 0.25) is 0 Å². The molecule has 1 aromatic heterocycles. The first-order valence-electron chi connectivity index (χ1n) is 7.92. The molecule has 0 atom stereocenters. The average molecular weight is 423 g/mol. The molecule has 0 amide bonds. The molecule has 0 saturated heterocycles. The van der Waals surface area contributed by atoms with E-state index in [1.165, 1.54) is 0 Å². The minimum atomic E-state index is -1.50. The molecule has 1 N–H and O–H groups in total. The number of rotatable bonds is 6. The van der Waals surface area contributed by atoms with Gasteiger partial charge < -0.3 is 14.6 Å². The number of nitrogens with zero attached hydrogens (tertiary/aromatic N) is 4. The van der Waals surface area contributed by atoms with Gasteiger partial charge >= 0.3 is 0 Å². The van der Waals surface area contributed by atoms with Crippen LogP contribution in [0, 0.1) is 10.1 Å². The summed E-state index contributed by atoms with van der Waals surface area (Å²) in [5, 5.41) is 19.3. The molecular formula is C18H16Cl2N4O4. The Morgan fingerprint density at radius 2 is 1.71 bits per heavy atom. The summed E-state index contributed by atoms with van der Waals surface area (Å²) in [5.41, 5.74) is 2.74. The van der Waals surface area contributed by atoms with Gasteiger partial charge in [-0.15, -0.1) is 10.1 Å². The van der Waals surface area contributed by atoms with Crippen LogP contribution in [-0.2, 0) is 18.0 Å². The Balaban J connectivity index is 0.000000640. The quantitative estimate of drug-likeness (QED) is 0.358. The lowest BCUT2D eigenvalue weighted by Gasteiger charge is -2.08. The number of hydrogen-bond acceptors (Lipinski definition) is 5. The Hall–Kier alpha value is -3.10. The molecule has 8 nitrogen and oxygen atoms in total. The summed E-state index contributed by atoms with van der Waals surface area (Å²) in [6.45, 7) is 0.931. The predicted octanol–water partition coefficient (Wildman–Crippen LogP) is 4.46. The van der Waals surface area contributed by atoms with Crippen LogP contribution in [0.2, 0.25) is 10.0 Å². The molecule has 1 heterocycles. The fourth-order valence-corrected chi connectivity index (χ4v) is 2.39. The minimum absolute atomic E-state index is 0.373. The molecule has 3 rings (SSSR count). The Morgan fingerprint density at radius 3 is 2.25 bits per heavy atom. The average Bonchev–Trinajstić information content (AvgIpc) is 3.16. The molecule has 0 fully saturated rings. The SMILES string of the molecule is Clc1ccc(CON=C(Cn2ccnc2)c2ccc(Cl)cc2)cc1.O=[N+]([O-])O. The van der Waals surface area contributed by atoms with Crippen LogP contribution < -0.4 is 0 Å². The molecular weight excluding hydrogens is 407 g/mol. The van der Waals surface area contributed by atoms with Gasteiger partial charge in [0.25, 0.3) is 5.09 Å². The lowest BCUT2D eigenvalue weighted by molar-refractivity contribution is -0.742. The van der Waals surface area contributed by atoms with Gasteiger partial charge in [-0.3, -0.25) is 0 Å². The highest BCUT2D eigenvalue weighted by atomic mass is 35.5. The highest BCUT2D eigenvalue weighted by Crippen LogP contribution is 2.13. The van der Waals surface area contributed by atoms with E-state index in [0.29, 0.717) is 23.2 Å². The zero-order valence-corrected chi connectivity index (χ0v) is 16.0. The summed E-state index contributed by atoms with van der Waals surface area (Å²) in [5.74, 6) is 0. The molecule has 10 heteroatoms. The number of hydrogen-bond donors (Lipinski definition) is 1. The fourth-order valence-electron chi connectivity index (χ4n) is 2.13. The Bertz CT molecular complexity index is 894. The van der Waals surface area contributed by atoms with Crippen molar-refractivity contribution in [3.63, 3.8) is 0 Å². The maximum Gasteiger partial charge on any atom is 0.291 e. The van der Waals surface area contributed by atoms with E-state index in [-0.39, 0.29) is 0 Å². The highest BCUT2D eigenvalue weighted by molar-refractivity contribution is 6.30. The van der Waals surface area contributed by atoms with Crippen LogP contribution in [-0.4, -0.2) is 25.6 Å². The molecule has 0 aliphatic heterocycles. The van der Waals surface area contributed by atoms with E-state index < -0.39 is 5.09 Å². The second kappa shape index (κ2) is 10.9. The predicted molar refractivity (Wildman–Crippen MR) is 105 cm³/mol. The summed E-state index contributed by atoms with van der Waals surface area (Å²) in [7, 11) is 0. The number of halogens is 2. The standard InChI is InChI=1S/C18H15Cl2N3O.HNO3/c19-16-5-1-14(2-6-16)12-24-22-18(11-23-10-9-21-13-23)15-3-7-17(20)8-4-15;2-1(3)4/h1-10,13H,11-12H2;(H,2,3,4). The van der Waals surface area contributed by atoms with E-state index in [9.17, 15) is 0 Å². The third-order valence-corrected chi connectivity index (χ3v) is 3.89. The maximum absolute atomic E-state index is 8.36. The fraction of sp³-hybridized carbons (Fsp3) is 0.111. The van der Waals surface area contributed by atoms with Crippen LogP contribution in [0.3, 0.4) is 0 Å². The third kappa shape index (κ3) is 7.65. The van der Waals surface area contributed by atoms with Crippen molar-refractivity contribution in [2.24, 2.45) is 5.16 Å². The van der Waals surface area contributed by atoms with Crippen molar-refractivity contribution in [3.05, 3.63) is 98.5 Å². The summed E-state index contributed by atoms with van der Waals surface area (Å²) in [4.78, 5) is 17.9. The summed E-state index contributed by atoms with van der Waals surface area (Å²) < 4.78 is 1.93. The van der Waals surface area contributed by atoms with Gasteiger partial charge in [-0.1, -0.05) is 52.6 Å². The van der Waals surface area contributed by atoms with Crippen LogP contribution in [0.25, 0.3) is 0 Å². The zero-order chi connectivity index (χ0) is 20.4. The van der Waals surface area contributed by atoms with Gasteiger partial charge in [0, 0.05) is 28.0 Å². The number of imidazole rings is 1. The molecule has 146 valence electrons. The zero-order valence-electron chi connectivity index (χ0n) is 14.5.